The smallest absolute Gasteiger partial charge is 0 e. The summed E-state index contributed by atoms with van der Waals surface area (Å²) in [4.78, 5) is 0. The Balaban J connectivity index is 0. The maximum Gasteiger partial charge on any atom is 0 e. The summed E-state index contributed by atoms with van der Waals surface area (Å²) >= 11 is 0. The zero-order chi connectivity index (χ0) is 0. The van der Waals surface area contributed by atoms with Gasteiger partial charge in [-0.3, -0.25) is 0 Å². The topological polar surface area (TPSA) is 0 Å². The van der Waals surface area contributed by atoms with E-state index in [2.05, 4.69) is 0 Å². The molecule has 0 aliphatic rings. The Morgan fingerprint density at radius 3 is 0.500 bits per heavy atom. The fourth-order valence-corrected chi connectivity index (χ4v) is 0. The van der Waals surface area contributed by atoms with Crippen molar-refractivity contribution >= 4 is 0 Å². The van der Waals surface area contributed by atoms with Gasteiger partial charge in [-0.05, 0) is 0 Å². The quantitative estimate of drug-likeness (QED) is 0.362. The van der Waals surface area contributed by atoms with Crippen molar-refractivity contribution in [2.24, 2.45) is 0 Å². The fourth-order valence-electron chi connectivity index (χ4n) is 0. The largest absolute Gasteiger partial charge is 0 e. The first-order valence-corrected chi connectivity index (χ1v) is 0. The molecule has 0 atom stereocenters. The van der Waals surface area contributed by atoms with Gasteiger partial charge in [0.15, 0.2) is 0 Å². The van der Waals surface area contributed by atoms with Gasteiger partial charge in [0.2, 0.25) is 0 Å². The molecule has 0 spiro atoms. The third-order valence-electron chi connectivity index (χ3n) is 0. The normalized spacial score (nSPS) is 0. The molecule has 0 aromatic carbocycles. The van der Waals surface area contributed by atoms with E-state index in [0.717, 1.165) is 0 Å². The van der Waals surface area contributed by atoms with Crippen LogP contribution in [0.2, 0.25) is 0 Å². The van der Waals surface area contributed by atoms with E-state index in [1.54, 1.807) is 0 Å². The van der Waals surface area contributed by atoms with Crippen LogP contribution in [-0.2, 0) is 20.1 Å². The molecule has 0 amide bonds. The van der Waals surface area contributed by atoms with Gasteiger partial charge in [-0.2, -0.15) is 0 Å². The van der Waals surface area contributed by atoms with Crippen molar-refractivity contribution < 1.29 is 145 Å². The second-order valence-electron chi connectivity index (χ2n) is 0. The summed E-state index contributed by atoms with van der Waals surface area (Å²) in [5.41, 5.74) is 0. The van der Waals surface area contributed by atoms with Gasteiger partial charge in [-0.1, -0.05) is 0 Å². The van der Waals surface area contributed by atoms with Crippen LogP contribution >= 0.6 is 0 Å². The average molecular weight is 613 g/mol. The van der Waals surface area contributed by atoms with Crippen LogP contribution in [0.25, 0.3) is 0 Å². The van der Waals surface area contributed by atoms with Crippen molar-refractivity contribution in [1.29, 1.82) is 0 Å². The second-order valence-corrected chi connectivity index (χ2v) is 0. The van der Waals surface area contributed by atoms with Gasteiger partial charge in [-0.15, -0.1) is 0 Å². The summed E-state index contributed by atoms with van der Waals surface area (Å²) in [6, 6.07) is 0. The van der Waals surface area contributed by atoms with Crippen LogP contribution in [0.4, 0.5) is 0 Å². The minimum atomic E-state index is 0. The maximum atomic E-state index is 0. The molecular weight excluding hydrogens is 613 g/mol. The molecule has 0 rings (SSSR count). The maximum absolute atomic E-state index is 0. The molecule has 21 valence electrons. The Morgan fingerprint density at radius 2 is 0.500 bits per heavy atom. The third kappa shape index (κ3) is 9.91. The molecule has 0 saturated carbocycles. The zero-order valence-electron chi connectivity index (χ0n) is 1.83. The third-order valence-corrected chi connectivity index (χ3v) is 0. The van der Waals surface area contributed by atoms with Crippen LogP contribution in [-0.4, -0.2) is 0 Å². The summed E-state index contributed by atoms with van der Waals surface area (Å²) in [6.07, 6.45) is 0. The molecule has 0 heterocycles. The van der Waals surface area contributed by atoms with Gasteiger partial charge >= 0.3 is 0 Å². The summed E-state index contributed by atoms with van der Waals surface area (Å²) < 4.78 is 0. The molecule has 0 aromatic rings. The predicted octanol–water partition coefficient (Wildman–Crippen LogP) is -0.00250. The summed E-state index contributed by atoms with van der Waals surface area (Å²) in [7, 11) is 0. The molecule has 0 N–H and O–H groups in total. The first-order chi connectivity index (χ1) is 0. The standard InChI is InChI=1S/3Ce.Ir. The monoisotopic (exact) mass is 613 g/mol. The van der Waals surface area contributed by atoms with E-state index in [0.29, 0.717) is 0 Å². The number of rotatable bonds is 0. The van der Waals surface area contributed by atoms with E-state index in [4.69, 9.17) is 0 Å². The molecule has 0 saturated heterocycles. The minimum Gasteiger partial charge on any atom is 0 e. The van der Waals surface area contributed by atoms with Gasteiger partial charge in [0.1, 0.15) is 0 Å². The van der Waals surface area contributed by atoms with E-state index < -0.39 is 0 Å². The van der Waals surface area contributed by atoms with Gasteiger partial charge < -0.3 is 0 Å². The van der Waals surface area contributed by atoms with Crippen molar-refractivity contribution in [3.63, 3.8) is 0 Å². The number of hydrogen-bond donors (Lipinski definition) is 0. The van der Waals surface area contributed by atoms with Gasteiger partial charge in [-0.25, -0.2) is 0 Å². The van der Waals surface area contributed by atoms with Crippen LogP contribution in [0.15, 0.2) is 0 Å². The molecule has 0 aliphatic carbocycles. The Bertz CT molecular complexity index is 3.25. The molecule has 4 heteroatoms. The first kappa shape index (κ1) is 23.3. The Morgan fingerprint density at radius 1 is 0.500 bits per heavy atom. The number of hydrogen-bond acceptors (Lipinski definition) is 0. The fraction of sp³-hybridized carbons (Fsp3) is 0. The molecule has 0 unspecified atom stereocenters. The molecule has 0 aromatic heterocycles. The molecule has 4 heavy (non-hydrogen) atoms. The predicted molar refractivity (Wildman–Crippen MR) is 0 cm³/mol. The van der Waals surface area contributed by atoms with E-state index in [-0.39, 0.29) is 145 Å². The van der Waals surface area contributed by atoms with Crippen LogP contribution in [0.3, 0.4) is 0 Å². The summed E-state index contributed by atoms with van der Waals surface area (Å²) in [5.74, 6) is 0. The Labute approximate surface area is 140 Å². The van der Waals surface area contributed by atoms with Crippen molar-refractivity contribution in [1.82, 2.24) is 0 Å². The van der Waals surface area contributed by atoms with Crippen LogP contribution in [0.5, 0.6) is 0 Å². The molecule has 1 radical (unpaired) electrons. The second kappa shape index (κ2) is 15.7. The molecular formula is Ce3Ir. The SMILES string of the molecule is [Ce].[Ce].[Ce].[Ir]. The van der Waals surface area contributed by atoms with Crippen LogP contribution < -0.4 is 0 Å². The minimum absolute atomic E-state index is 0. The average Bonchev–Trinajstić information content (AvgIpc) is 0. The van der Waals surface area contributed by atoms with Crippen LogP contribution in [0, 0.1) is 125 Å². The van der Waals surface area contributed by atoms with Crippen molar-refractivity contribution in [2.45, 2.75) is 0 Å². The van der Waals surface area contributed by atoms with E-state index in [9.17, 15) is 0 Å². The van der Waals surface area contributed by atoms with Gasteiger partial charge in [0, 0.05) is 145 Å². The molecule has 0 fully saturated rings. The Kier molecular flexibility index (Phi) is 91.0. The van der Waals surface area contributed by atoms with Crippen molar-refractivity contribution in [2.75, 3.05) is 0 Å². The van der Waals surface area contributed by atoms with E-state index in [1.165, 1.54) is 0 Å². The molecule has 0 bridgehead atoms. The Hall–Kier alpha value is 4.78. The van der Waals surface area contributed by atoms with Gasteiger partial charge in [0.25, 0.3) is 0 Å². The first-order valence-electron chi connectivity index (χ1n) is 0. The molecule has 0 nitrogen and oxygen atoms in total. The van der Waals surface area contributed by atoms with E-state index in [1.807, 2.05) is 0 Å². The zero-order valence-corrected chi connectivity index (χ0v) is 13.6. The summed E-state index contributed by atoms with van der Waals surface area (Å²) in [5, 5.41) is 0. The molecule has 0 aliphatic heterocycles. The van der Waals surface area contributed by atoms with Crippen LogP contribution in [0.1, 0.15) is 0 Å². The van der Waals surface area contributed by atoms with E-state index >= 15 is 0 Å². The van der Waals surface area contributed by atoms with Crippen molar-refractivity contribution in [3.05, 3.63) is 0 Å². The summed E-state index contributed by atoms with van der Waals surface area (Å²) in [6.45, 7) is 0. The van der Waals surface area contributed by atoms with Crippen molar-refractivity contribution in [3.8, 4) is 0 Å². The van der Waals surface area contributed by atoms with Gasteiger partial charge in [0.05, 0.1) is 0 Å².